The van der Waals surface area contributed by atoms with Gasteiger partial charge in [-0.05, 0) is 12.8 Å². The third kappa shape index (κ3) is 15.9. The predicted octanol–water partition coefficient (Wildman–Crippen LogP) is 5.27. The van der Waals surface area contributed by atoms with E-state index >= 15 is 0 Å². The van der Waals surface area contributed by atoms with Crippen LogP contribution in [0.2, 0.25) is 0 Å². The SMILES string of the molecule is CCCCCCCCOOCCCCCCC. The van der Waals surface area contributed by atoms with Crippen LogP contribution in [-0.2, 0) is 9.78 Å². The molecule has 0 N–H and O–H groups in total. The molecule has 0 heterocycles. The molecule has 0 amide bonds. The van der Waals surface area contributed by atoms with E-state index in [1.54, 1.807) is 0 Å². The van der Waals surface area contributed by atoms with Crippen molar-refractivity contribution >= 4 is 0 Å². The summed E-state index contributed by atoms with van der Waals surface area (Å²) in [6.45, 7) is 6.01. The molecule has 2 nitrogen and oxygen atoms in total. The zero-order valence-electron chi connectivity index (χ0n) is 12.0. The van der Waals surface area contributed by atoms with Gasteiger partial charge in [-0.25, -0.2) is 9.78 Å². The second-order valence-corrected chi connectivity index (χ2v) is 4.83. The lowest BCUT2D eigenvalue weighted by atomic mass is 10.1. The van der Waals surface area contributed by atoms with Crippen LogP contribution in [0.15, 0.2) is 0 Å². The van der Waals surface area contributed by atoms with E-state index in [0.717, 1.165) is 26.1 Å². The molecule has 0 bridgehead atoms. The number of hydrogen-bond donors (Lipinski definition) is 0. The number of unbranched alkanes of at least 4 members (excludes halogenated alkanes) is 9. The van der Waals surface area contributed by atoms with Crippen molar-refractivity contribution in [1.82, 2.24) is 0 Å². The van der Waals surface area contributed by atoms with E-state index in [-0.39, 0.29) is 0 Å². The van der Waals surface area contributed by atoms with Gasteiger partial charge in [0.2, 0.25) is 0 Å². The third-order valence-electron chi connectivity index (χ3n) is 3.00. The second kappa shape index (κ2) is 15.9. The quantitative estimate of drug-likeness (QED) is 0.235. The van der Waals surface area contributed by atoms with Gasteiger partial charge in [0.15, 0.2) is 0 Å². The van der Waals surface area contributed by atoms with Gasteiger partial charge in [-0.15, -0.1) is 0 Å². The summed E-state index contributed by atoms with van der Waals surface area (Å²) in [7, 11) is 0. The standard InChI is InChI=1S/C15H32O2/c1-3-5-7-9-11-13-15-17-16-14-12-10-8-6-4-2/h3-15H2,1-2H3. The molecule has 0 saturated heterocycles. The van der Waals surface area contributed by atoms with Crippen molar-refractivity contribution in [1.29, 1.82) is 0 Å². The van der Waals surface area contributed by atoms with Gasteiger partial charge in [0.25, 0.3) is 0 Å². The summed E-state index contributed by atoms with van der Waals surface area (Å²) in [6, 6.07) is 0. The van der Waals surface area contributed by atoms with Crippen LogP contribution in [0, 0.1) is 0 Å². The molecule has 0 aromatic rings. The second-order valence-electron chi connectivity index (χ2n) is 4.83. The molecule has 0 aliphatic rings. The van der Waals surface area contributed by atoms with Crippen LogP contribution in [0.3, 0.4) is 0 Å². The molecule has 0 unspecified atom stereocenters. The van der Waals surface area contributed by atoms with E-state index in [9.17, 15) is 0 Å². The minimum absolute atomic E-state index is 0.763. The van der Waals surface area contributed by atoms with Gasteiger partial charge in [0, 0.05) is 0 Å². The Kier molecular flexibility index (Phi) is 15.8. The van der Waals surface area contributed by atoms with Gasteiger partial charge in [0.1, 0.15) is 0 Å². The Morgan fingerprint density at radius 2 is 0.824 bits per heavy atom. The Morgan fingerprint density at radius 3 is 1.24 bits per heavy atom. The first-order valence-electron chi connectivity index (χ1n) is 7.66. The van der Waals surface area contributed by atoms with Crippen LogP contribution in [0.5, 0.6) is 0 Å². The fraction of sp³-hybridized carbons (Fsp3) is 1.00. The molecule has 0 fully saturated rings. The molecule has 0 rings (SSSR count). The fourth-order valence-electron chi connectivity index (χ4n) is 1.82. The molecule has 0 saturated carbocycles. The summed E-state index contributed by atoms with van der Waals surface area (Å²) in [4.78, 5) is 10.3. The predicted molar refractivity (Wildman–Crippen MR) is 74.0 cm³/mol. The Bertz CT molecular complexity index is 112. The van der Waals surface area contributed by atoms with E-state index in [0.29, 0.717) is 0 Å². The maximum absolute atomic E-state index is 5.15. The van der Waals surface area contributed by atoms with Gasteiger partial charge >= 0.3 is 0 Å². The first kappa shape index (κ1) is 16.9. The first-order valence-corrected chi connectivity index (χ1v) is 7.66. The minimum atomic E-state index is 0.763. The van der Waals surface area contributed by atoms with Gasteiger partial charge in [-0.1, -0.05) is 71.6 Å². The van der Waals surface area contributed by atoms with Crippen LogP contribution in [0.1, 0.15) is 84.5 Å². The Labute approximate surface area is 108 Å². The van der Waals surface area contributed by atoms with Crippen LogP contribution in [-0.4, -0.2) is 13.2 Å². The molecule has 0 aliphatic carbocycles. The zero-order chi connectivity index (χ0) is 12.6. The maximum atomic E-state index is 5.15. The highest BCUT2D eigenvalue weighted by atomic mass is 17.2. The summed E-state index contributed by atoms with van der Waals surface area (Å²) in [5.74, 6) is 0. The highest BCUT2D eigenvalue weighted by Gasteiger charge is 1.93. The van der Waals surface area contributed by atoms with Gasteiger partial charge in [0.05, 0.1) is 13.2 Å². The van der Waals surface area contributed by atoms with Crippen molar-refractivity contribution in [2.24, 2.45) is 0 Å². The minimum Gasteiger partial charge on any atom is -0.237 e. The van der Waals surface area contributed by atoms with E-state index in [1.807, 2.05) is 0 Å². The van der Waals surface area contributed by atoms with Gasteiger partial charge < -0.3 is 0 Å². The largest absolute Gasteiger partial charge is 0.237 e. The molecule has 0 atom stereocenters. The summed E-state index contributed by atoms with van der Waals surface area (Å²) in [6.07, 6.45) is 14.2. The fourth-order valence-corrected chi connectivity index (χ4v) is 1.82. The van der Waals surface area contributed by atoms with Crippen molar-refractivity contribution in [3.63, 3.8) is 0 Å². The van der Waals surface area contributed by atoms with Crippen molar-refractivity contribution in [3.05, 3.63) is 0 Å². The molecular weight excluding hydrogens is 212 g/mol. The maximum Gasteiger partial charge on any atom is 0.0822 e. The van der Waals surface area contributed by atoms with Crippen molar-refractivity contribution in [3.8, 4) is 0 Å². The summed E-state index contributed by atoms with van der Waals surface area (Å²) in [5, 5.41) is 0. The monoisotopic (exact) mass is 244 g/mol. The van der Waals surface area contributed by atoms with Gasteiger partial charge in [-0.3, -0.25) is 0 Å². The molecule has 0 radical (unpaired) electrons. The molecular formula is C15H32O2. The van der Waals surface area contributed by atoms with E-state index < -0.39 is 0 Å². The van der Waals surface area contributed by atoms with Crippen LogP contribution < -0.4 is 0 Å². The van der Waals surface area contributed by atoms with Crippen molar-refractivity contribution < 1.29 is 9.78 Å². The summed E-state index contributed by atoms with van der Waals surface area (Å²) < 4.78 is 0. The molecule has 2 heteroatoms. The van der Waals surface area contributed by atoms with Crippen molar-refractivity contribution in [2.75, 3.05) is 13.2 Å². The molecule has 17 heavy (non-hydrogen) atoms. The third-order valence-corrected chi connectivity index (χ3v) is 3.00. The summed E-state index contributed by atoms with van der Waals surface area (Å²) >= 11 is 0. The molecule has 0 aromatic heterocycles. The average Bonchev–Trinajstić information content (AvgIpc) is 2.35. The van der Waals surface area contributed by atoms with Crippen LogP contribution in [0.4, 0.5) is 0 Å². The highest BCUT2D eigenvalue weighted by Crippen LogP contribution is 2.05. The molecule has 0 aromatic carbocycles. The normalized spacial score (nSPS) is 10.9. The lowest BCUT2D eigenvalue weighted by Crippen LogP contribution is -1.99. The van der Waals surface area contributed by atoms with Gasteiger partial charge in [-0.2, -0.15) is 0 Å². The molecule has 0 aliphatic heterocycles. The van der Waals surface area contributed by atoms with E-state index in [4.69, 9.17) is 9.78 Å². The Morgan fingerprint density at radius 1 is 0.471 bits per heavy atom. The molecule has 0 spiro atoms. The summed E-state index contributed by atoms with van der Waals surface area (Å²) in [5.41, 5.74) is 0. The zero-order valence-corrected chi connectivity index (χ0v) is 12.0. The average molecular weight is 244 g/mol. The van der Waals surface area contributed by atoms with E-state index in [2.05, 4.69) is 13.8 Å². The lowest BCUT2D eigenvalue weighted by Gasteiger charge is -2.04. The number of rotatable bonds is 14. The number of hydrogen-bond acceptors (Lipinski definition) is 2. The van der Waals surface area contributed by atoms with Crippen LogP contribution >= 0.6 is 0 Å². The first-order chi connectivity index (χ1) is 8.41. The Hall–Kier alpha value is -0.0800. The highest BCUT2D eigenvalue weighted by molar-refractivity contribution is 4.42. The topological polar surface area (TPSA) is 18.5 Å². The Balaban J connectivity index is 2.85. The van der Waals surface area contributed by atoms with Crippen molar-refractivity contribution in [2.45, 2.75) is 84.5 Å². The van der Waals surface area contributed by atoms with Crippen LogP contribution in [0.25, 0.3) is 0 Å². The lowest BCUT2D eigenvalue weighted by molar-refractivity contribution is -0.295. The molecule has 104 valence electrons. The van der Waals surface area contributed by atoms with E-state index in [1.165, 1.54) is 57.8 Å². The smallest absolute Gasteiger partial charge is 0.0822 e.